The van der Waals surface area contributed by atoms with Crippen LogP contribution >= 0.6 is 15.9 Å². The van der Waals surface area contributed by atoms with Crippen molar-refractivity contribution in [2.75, 3.05) is 19.7 Å². The predicted octanol–water partition coefficient (Wildman–Crippen LogP) is 2.33. The van der Waals surface area contributed by atoms with Gasteiger partial charge in [-0.05, 0) is 31.1 Å². The second kappa shape index (κ2) is 7.39. The third-order valence-corrected chi connectivity index (χ3v) is 6.14. The molecule has 0 saturated carbocycles. The third-order valence-electron chi connectivity index (χ3n) is 3.39. The molecule has 1 unspecified atom stereocenters. The second-order valence-electron chi connectivity index (χ2n) is 4.86. The molecule has 1 saturated heterocycles. The van der Waals surface area contributed by atoms with E-state index in [1.807, 2.05) is 0 Å². The van der Waals surface area contributed by atoms with Crippen molar-refractivity contribution in [1.82, 2.24) is 4.31 Å². The van der Waals surface area contributed by atoms with Gasteiger partial charge in [0.2, 0.25) is 10.0 Å². The van der Waals surface area contributed by atoms with E-state index in [0.29, 0.717) is 26.1 Å². The molecule has 0 aromatic heterocycles. The molecule has 1 aromatic carbocycles. The summed E-state index contributed by atoms with van der Waals surface area (Å²) >= 11 is 3.46. The van der Waals surface area contributed by atoms with Gasteiger partial charge >= 0.3 is 5.97 Å². The Kier molecular flexibility index (Phi) is 5.77. The maximum atomic E-state index is 12.6. The van der Waals surface area contributed by atoms with Gasteiger partial charge in [0.05, 0.1) is 11.5 Å². The zero-order chi connectivity index (χ0) is 16.2. The van der Waals surface area contributed by atoms with Crippen molar-refractivity contribution in [2.24, 2.45) is 0 Å². The summed E-state index contributed by atoms with van der Waals surface area (Å²) in [6, 6.07) is 8.36. The highest BCUT2D eigenvalue weighted by molar-refractivity contribution is 9.09. The van der Waals surface area contributed by atoms with Crippen LogP contribution in [0.25, 0.3) is 0 Å². The molecule has 0 amide bonds. The molecule has 0 spiro atoms. The van der Waals surface area contributed by atoms with Crippen molar-refractivity contribution in [3.8, 4) is 0 Å². The van der Waals surface area contributed by atoms with Crippen LogP contribution in [-0.4, -0.2) is 43.2 Å². The summed E-state index contributed by atoms with van der Waals surface area (Å²) in [5.41, 5.74) is 0.859. The number of benzene rings is 1. The average Bonchev–Trinajstić information content (AvgIpc) is 2.50. The Balaban J connectivity index is 2.12. The lowest BCUT2D eigenvalue weighted by Crippen LogP contribution is -2.41. The Bertz CT molecular complexity index is 657. The highest BCUT2D eigenvalue weighted by atomic mass is 79.9. The van der Waals surface area contributed by atoms with E-state index in [-0.39, 0.29) is 15.7 Å². The first-order valence-electron chi connectivity index (χ1n) is 7.01. The minimum Gasteiger partial charge on any atom is -0.463 e. The summed E-state index contributed by atoms with van der Waals surface area (Å²) in [5.74, 6) is -0.388. The van der Waals surface area contributed by atoms with Crippen molar-refractivity contribution in [3.63, 3.8) is 0 Å². The molecule has 1 atom stereocenters. The van der Waals surface area contributed by atoms with Crippen molar-refractivity contribution in [3.05, 3.63) is 42.0 Å². The molecule has 1 aliphatic rings. The Morgan fingerprint density at radius 1 is 1.41 bits per heavy atom. The molecular formula is C15H18BrNO4S. The number of piperidine rings is 1. The van der Waals surface area contributed by atoms with Gasteiger partial charge in [-0.2, -0.15) is 4.31 Å². The molecule has 0 radical (unpaired) electrons. The molecule has 1 aromatic rings. The van der Waals surface area contributed by atoms with Crippen LogP contribution in [0.3, 0.4) is 0 Å². The molecule has 1 fully saturated rings. The highest BCUT2D eigenvalue weighted by Gasteiger charge is 2.31. The number of carbonyl (C=O) groups excluding carboxylic acids is 1. The number of sulfonamides is 1. The van der Waals surface area contributed by atoms with Crippen molar-refractivity contribution in [1.29, 1.82) is 0 Å². The quantitative estimate of drug-likeness (QED) is 0.451. The molecule has 0 bridgehead atoms. The number of alkyl halides is 1. The summed E-state index contributed by atoms with van der Waals surface area (Å²) in [4.78, 5) is 11.6. The Labute approximate surface area is 139 Å². The van der Waals surface area contributed by atoms with E-state index in [4.69, 9.17) is 4.74 Å². The van der Waals surface area contributed by atoms with Crippen LogP contribution in [0.4, 0.5) is 0 Å². The van der Waals surface area contributed by atoms with E-state index in [1.54, 1.807) is 37.3 Å². The summed E-state index contributed by atoms with van der Waals surface area (Å²) < 4.78 is 31.4. The lowest BCUT2D eigenvalue weighted by Gasteiger charge is -2.31. The summed E-state index contributed by atoms with van der Waals surface area (Å²) in [7, 11) is -3.50. The number of esters is 1. The van der Waals surface area contributed by atoms with Crippen molar-refractivity contribution in [2.45, 2.75) is 23.1 Å². The standard InChI is InChI=1S/C15H18BrNO4S/c1-2-21-15(18)10-12-8-9-17(11-14(12)16)22(19,20)13-6-4-3-5-7-13/h3-7,10,14H,2,8-9,11H2,1H3/b12-10+. The molecule has 0 N–H and O–H groups in total. The fourth-order valence-corrected chi connectivity index (χ4v) is 4.63. The maximum Gasteiger partial charge on any atom is 0.330 e. The van der Waals surface area contributed by atoms with Crippen LogP contribution in [0.5, 0.6) is 0 Å². The van der Waals surface area contributed by atoms with E-state index in [2.05, 4.69) is 15.9 Å². The average molecular weight is 388 g/mol. The van der Waals surface area contributed by atoms with Crippen molar-refractivity contribution >= 4 is 31.9 Å². The highest BCUT2D eigenvalue weighted by Crippen LogP contribution is 2.27. The lowest BCUT2D eigenvalue weighted by atomic mass is 10.1. The summed E-state index contributed by atoms with van der Waals surface area (Å²) in [5, 5.41) is 0. The van der Waals surface area contributed by atoms with Gasteiger partial charge in [-0.15, -0.1) is 0 Å². The molecule has 1 heterocycles. The molecule has 5 nitrogen and oxygen atoms in total. The minimum atomic E-state index is -3.50. The molecular weight excluding hydrogens is 370 g/mol. The van der Waals surface area contributed by atoms with E-state index in [9.17, 15) is 13.2 Å². The molecule has 1 aliphatic heterocycles. The summed E-state index contributed by atoms with van der Waals surface area (Å²) in [6.07, 6.45) is 1.95. The summed E-state index contributed by atoms with van der Waals surface area (Å²) in [6.45, 7) is 2.72. The van der Waals surface area contributed by atoms with E-state index in [0.717, 1.165) is 5.57 Å². The minimum absolute atomic E-state index is 0.191. The number of hydrogen-bond donors (Lipinski definition) is 0. The van der Waals surface area contributed by atoms with Gasteiger partial charge in [0.15, 0.2) is 0 Å². The molecule has 2 rings (SSSR count). The fraction of sp³-hybridized carbons (Fsp3) is 0.400. The first-order chi connectivity index (χ1) is 10.4. The predicted molar refractivity (Wildman–Crippen MR) is 87.2 cm³/mol. The molecule has 0 aliphatic carbocycles. The normalized spacial score (nSPS) is 21.7. The van der Waals surface area contributed by atoms with Gasteiger partial charge < -0.3 is 4.74 Å². The van der Waals surface area contributed by atoms with Gasteiger partial charge in [0.1, 0.15) is 0 Å². The van der Waals surface area contributed by atoms with E-state index < -0.39 is 10.0 Å². The Hall–Kier alpha value is -1.18. The van der Waals surface area contributed by atoms with E-state index in [1.165, 1.54) is 10.4 Å². The van der Waals surface area contributed by atoms with Crippen LogP contribution < -0.4 is 0 Å². The van der Waals surface area contributed by atoms with Crippen molar-refractivity contribution < 1.29 is 17.9 Å². The Morgan fingerprint density at radius 3 is 2.68 bits per heavy atom. The third kappa shape index (κ3) is 3.97. The molecule has 7 heteroatoms. The Morgan fingerprint density at radius 2 is 2.09 bits per heavy atom. The van der Waals surface area contributed by atoms with Crippen LogP contribution in [0, 0.1) is 0 Å². The zero-order valence-electron chi connectivity index (χ0n) is 12.2. The first-order valence-corrected chi connectivity index (χ1v) is 9.37. The lowest BCUT2D eigenvalue weighted by molar-refractivity contribution is -0.137. The van der Waals surface area contributed by atoms with Crippen LogP contribution in [0.15, 0.2) is 46.9 Å². The topological polar surface area (TPSA) is 63.7 Å². The monoisotopic (exact) mass is 387 g/mol. The number of nitrogens with zero attached hydrogens (tertiary/aromatic N) is 1. The van der Waals surface area contributed by atoms with Gasteiger partial charge in [-0.25, -0.2) is 13.2 Å². The van der Waals surface area contributed by atoms with Crippen LogP contribution in [0.2, 0.25) is 0 Å². The molecule has 120 valence electrons. The van der Waals surface area contributed by atoms with Crippen LogP contribution in [0.1, 0.15) is 13.3 Å². The number of rotatable bonds is 4. The largest absolute Gasteiger partial charge is 0.463 e. The van der Waals surface area contributed by atoms with Crippen LogP contribution in [-0.2, 0) is 19.6 Å². The number of carbonyl (C=O) groups is 1. The number of ether oxygens (including phenoxy) is 1. The van der Waals surface area contributed by atoms with Gasteiger partial charge in [0.25, 0.3) is 0 Å². The smallest absolute Gasteiger partial charge is 0.330 e. The van der Waals surface area contributed by atoms with Gasteiger partial charge in [-0.1, -0.05) is 34.1 Å². The van der Waals surface area contributed by atoms with E-state index >= 15 is 0 Å². The van der Waals surface area contributed by atoms with Gasteiger partial charge in [-0.3, -0.25) is 0 Å². The SMILES string of the molecule is CCOC(=O)/C=C1\CCN(S(=O)(=O)c2ccccc2)CC1Br. The number of hydrogen-bond acceptors (Lipinski definition) is 4. The fourth-order valence-electron chi connectivity index (χ4n) is 2.26. The van der Waals surface area contributed by atoms with Gasteiger partial charge in [0, 0.05) is 24.0 Å². The second-order valence-corrected chi connectivity index (χ2v) is 7.91. The molecule has 22 heavy (non-hydrogen) atoms. The first kappa shape index (κ1) is 17.2. The maximum absolute atomic E-state index is 12.6. The zero-order valence-corrected chi connectivity index (χ0v) is 14.6. The number of halogens is 1.